The van der Waals surface area contributed by atoms with Crippen molar-refractivity contribution in [2.24, 2.45) is 0 Å². The van der Waals surface area contributed by atoms with Crippen LogP contribution in [0.15, 0.2) is 48.9 Å². The monoisotopic (exact) mass is 420 g/mol. The van der Waals surface area contributed by atoms with Crippen molar-refractivity contribution < 1.29 is 9.53 Å². The molecule has 0 spiro atoms. The Bertz CT molecular complexity index is 1090. The second-order valence-electron chi connectivity index (χ2n) is 7.91. The highest BCUT2D eigenvalue weighted by atomic mass is 16.5. The van der Waals surface area contributed by atoms with Crippen LogP contribution in [0, 0.1) is 0 Å². The van der Waals surface area contributed by atoms with E-state index < -0.39 is 0 Å². The molecule has 3 aromatic rings. The third-order valence-corrected chi connectivity index (χ3v) is 5.42. The molecule has 1 amide bonds. The number of methoxy groups -OCH3 is 1. The van der Waals surface area contributed by atoms with E-state index in [1.54, 1.807) is 19.5 Å². The number of fused-ring (bicyclic) bond motifs is 3. The Kier molecular flexibility index (Phi) is 6.18. The van der Waals surface area contributed by atoms with Gasteiger partial charge in [0.05, 0.1) is 7.11 Å². The van der Waals surface area contributed by atoms with Gasteiger partial charge in [0.15, 0.2) is 5.82 Å². The molecule has 8 heteroatoms. The fraction of sp³-hybridized carbons (Fsp3) is 0.348. The molecule has 0 radical (unpaired) electrons. The van der Waals surface area contributed by atoms with Crippen LogP contribution < -0.4 is 10.1 Å². The summed E-state index contributed by atoms with van der Waals surface area (Å²) in [6, 6.07) is 7.96. The quantitative estimate of drug-likeness (QED) is 0.592. The molecular formula is C23H28N6O2. The number of aromatic nitrogens is 3. The summed E-state index contributed by atoms with van der Waals surface area (Å²) in [4.78, 5) is 20.9. The maximum Gasteiger partial charge on any atom is 0.246 e. The van der Waals surface area contributed by atoms with E-state index in [1.165, 1.54) is 5.56 Å². The molecule has 0 atom stereocenters. The topological polar surface area (TPSA) is 75.0 Å². The number of ether oxygens (including phenoxy) is 1. The molecule has 31 heavy (non-hydrogen) atoms. The normalized spacial score (nSPS) is 13.7. The zero-order chi connectivity index (χ0) is 21.8. The van der Waals surface area contributed by atoms with Crippen molar-refractivity contribution >= 4 is 17.2 Å². The molecule has 0 saturated carbocycles. The predicted octanol–water partition coefficient (Wildman–Crippen LogP) is 2.35. The van der Waals surface area contributed by atoms with Crippen LogP contribution in [-0.2, 0) is 24.3 Å². The fourth-order valence-corrected chi connectivity index (χ4v) is 3.79. The Morgan fingerprint density at radius 1 is 1.29 bits per heavy atom. The van der Waals surface area contributed by atoms with Gasteiger partial charge in [0.2, 0.25) is 5.91 Å². The van der Waals surface area contributed by atoms with Crippen LogP contribution in [0.4, 0.5) is 5.82 Å². The number of anilines is 1. The van der Waals surface area contributed by atoms with Crippen molar-refractivity contribution in [2.45, 2.75) is 19.5 Å². The summed E-state index contributed by atoms with van der Waals surface area (Å²) < 4.78 is 7.09. The lowest BCUT2D eigenvalue weighted by molar-refractivity contribution is -0.126. The third kappa shape index (κ3) is 4.69. The van der Waals surface area contributed by atoms with Crippen LogP contribution in [0.5, 0.6) is 5.75 Å². The van der Waals surface area contributed by atoms with Gasteiger partial charge in [0, 0.05) is 38.5 Å². The van der Waals surface area contributed by atoms with Crippen molar-refractivity contribution in [1.29, 1.82) is 0 Å². The zero-order valence-electron chi connectivity index (χ0n) is 18.2. The minimum absolute atomic E-state index is 0.0479. The molecule has 8 nitrogen and oxygen atoms in total. The summed E-state index contributed by atoms with van der Waals surface area (Å²) in [6.45, 7) is 2.67. The molecular weight excluding hydrogens is 392 g/mol. The Hall–Kier alpha value is -3.39. The first-order valence-electron chi connectivity index (χ1n) is 10.4. The zero-order valence-corrected chi connectivity index (χ0v) is 18.2. The van der Waals surface area contributed by atoms with E-state index in [0.717, 1.165) is 41.2 Å². The summed E-state index contributed by atoms with van der Waals surface area (Å²) >= 11 is 0. The van der Waals surface area contributed by atoms with Gasteiger partial charge in [-0.15, -0.1) is 0 Å². The lowest BCUT2D eigenvalue weighted by atomic mass is 10.0. The van der Waals surface area contributed by atoms with Crippen molar-refractivity contribution in [3.63, 3.8) is 0 Å². The lowest BCUT2D eigenvalue weighted by Gasteiger charge is -2.26. The summed E-state index contributed by atoms with van der Waals surface area (Å²) in [6.07, 6.45) is 7.92. The summed E-state index contributed by atoms with van der Waals surface area (Å²) in [5, 5.41) is 7.83. The fourth-order valence-electron chi connectivity index (χ4n) is 3.79. The SMILES string of the molecule is COc1ccc(CNc2ncnn3cc4c(c23)CCN(C(=O)/C=C/CN(C)C)C4)cc1. The van der Waals surface area contributed by atoms with Crippen molar-refractivity contribution in [2.75, 3.05) is 39.6 Å². The van der Waals surface area contributed by atoms with Crippen LogP contribution in [0.2, 0.25) is 0 Å². The molecule has 1 aliphatic heterocycles. The van der Waals surface area contributed by atoms with Gasteiger partial charge in [-0.3, -0.25) is 4.79 Å². The number of amides is 1. The second-order valence-corrected chi connectivity index (χ2v) is 7.91. The molecule has 2 aromatic heterocycles. The number of nitrogens with one attached hydrogen (secondary N) is 1. The van der Waals surface area contributed by atoms with E-state index in [-0.39, 0.29) is 5.91 Å². The Balaban J connectivity index is 1.50. The Labute approximate surface area is 182 Å². The molecule has 1 N–H and O–H groups in total. The molecule has 1 aromatic carbocycles. The number of hydrogen-bond donors (Lipinski definition) is 1. The van der Waals surface area contributed by atoms with Gasteiger partial charge in [-0.1, -0.05) is 18.2 Å². The van der Waals surface area contributed by atoms with Crippen molar-refractivity contribution in [1.82, 2.24) is 24.4 Å². The van der Waals surface area contributed by atoms with Crippen LogP contribution >= 0.6 is 0 Å². The third-order valence-electron chi connectivity index (χ3n) is 5.42. The number of hydrogen-bond acceptors (Lipinski definition) is 6. The molecule has 1 aliphatic rings. The molecule has 0 bridgehead atoms. The molecule has 0 saturated heterocycles. The maximum atomic E-state index is 12.5. The first-order chi connectivity index (χ1) is 15.0. The number of likely N-dealkylation sites (N-methyl/N-ethyl adjacent to an activating group) is 1. The highest BCUT2D eigenvalue weighted by Crippen LogP contribution is 2.28. The largest absolute Gasteiger partial charge is 0.497 e. The molecule has 0 fully saturated rings. The smallest absolute Gasteiger partial charge is 0.246 e. The summed E-state index contributed by atoms with van der Waals surface area (Å²) in [7, 11) is 5.63. The lowest BCUT2D eigenvalue weighted by Crippen LogP contribution is -2.34. The number of carbonyl (C=O) groups excluding carboxylic acids is 1. The van der Waals surface area contributed by atoms with Gasteiger partial charge in [-0.05, 0) is 49.3 Å². The highest BCUT2D eigenvalue weighted by Gasteiger charge is 2.24. The van der Waals surface area contributed by atoms with E-state index in [4.69, 9.17) is 4.74 Å². The molecule has 0 unspecified atom stereocenters. The number of nitrogens with zero attached hydrogens (tertiary/aromatic N) is 5. The van der Waals surface area contributed by atoms with Crippen LogP contribution in [-0.4, -0.2) is 64.6 Å². The minimum atomic E-state index is 0.0479. The van der Waals surface area contributed by atoms with Crippen molar-refractivity contribution in [3.05, 3.63) is 65.6 Å². The van der Waals surface area contributed by atoms with Crippen LogP contribution in [0.1, 0.15) is 16.7 Å². The molecule has 4 rings (SSSR count). The number of benzene rings is 1. The Morgan fingerprint density at radius 2 is 2.10 bits per heavy atom. The first kappa shape index (κ1) is 20.9. The summed E-state index contributed by atoms with van der Waals surface area (Å²) in [5.41, 5.74) is 4.45. The van der Waals surface area contributed by atoms with E-state index in [2.05, 4.69) is 15.4 Å². The van der Waals surface area contributed by atoms with Gasteiger partial charge in [0.25, 0.3) is 0 Å². The second kappa shape index (κ2) is 9.18. The predicted molar refractivity (Wildman–Crippen MR) is 120 cm³/mol. The van der Waals surface area contributed by atoms with Crippen LogP contribution in [0.25, 0.3) is 5.52 Å². The number of carbonyl (C=O) groups is 1. The average molecular weight is 421 g/mol. The van der Waals surface area contributed by atoms with Gasteiger partial charge in [-0.2, -0.15) is 5.10 Å². The number of rotatable bonds is 7. The molecule has 162 valence electrons. The average Bonchev–Trinajstić information content (AvgIpc) is 3.16. The first-order valence-corrected chi connectivity index (χ1v) is 10.4. The van der Waals surface area contributed by atoms with E-state index in [0.29, 0.717) is 19.6 Å². The van der Waals surface area contributed by atoms with Gasteiger partial charge in [-0.25, -0.2) is 9.50 Å². The summed E-state index contributed by atoms with van der Waals surface area (Å²) in [5.74, 6) is 1.69. The van der Waals surface area contributed by atoms with E-state index in [9.17, 15) is 4.79 Å². The minimum Gasteiger partial charge on any atom is -0.497 e. The highest BCUT2D eigenvalue weighted by molar-refractivity contribution is 5.88. The standard InChI is InChI=1S/C23H28N6O2/c1-27(2)11-4-5-21(30)28-12-10-20-18(14-28)15-29-22(20)23(25-16-26-29)24-13-17-6-8-19(31-3)9-7-17/h4-9,15-16H,10-14H2,1-3H3,(H,24,25,26)/b5-4+. The van der Waals surface area contributed by atoms with E-state index in [1.807, 2.05) is 64.9 Å². The van der Waals surface area contributed by atoms with E-state index >= 15 is 0 Å². The van der Waals surface area contributed by atoms with Gasteiger partial charge >= 0.3 is 0 Å². The van der Waals surface area contributed by atoms with Crippen LogP contribution in [0.3, 0.4) is 0 Å². The van der Waals surface area contributed by atoms with Gasteiger partial charge < -0.3 is 19.9 Å². The van der Waals surface area contributed by atoms with Gasteiger partial charge in [0.1, 0.15) is 17.6 Å². The molecule has 0 aliphatic carbocycles. The van der Waals surface area contributed by atoms with Crippen molar-refractivity contribution in [3.8, 4) is 5.75 Å². The maximum absolute atomic E-state index is 12.5. The molecule has 3 heterocycles. The Morgan fingerprint density at radius 3 is 2.84 bits per heavy atom.